The number of methoxy groups -OCH3 is 1. The number of nitrogens with one attached hydrogen (secondary N) is 1. The number of ether oxygens (including phenoxy) is 1. The van der Waals surface area contributed by atoms with E-state index in [1.807, 2.05) is 0 Å². The van der Waals surface area contributed by atoms with E-state index in [0.29, 0.717) is 11.4 Å². The van der Waals surface area contributed by atoms with E-state index in [-0.39, 0.29) is 17.9 Å². The molecule has 2 N–H and O–H groups in total. The molecule has 1 aromatic heterocycles. The van der Waals surface area contributed by atoms with E-state index in [1.54, 1.807) is 18.6 Å². The Bertz CT molecular complexity index is 477. The fourth-order valence-corrected chi connectivity index (χ4v) is 3.22. The Morgan fingerprint density at radius 3 is 2.65 bits per heavy atom. The molecule has 0 saturated heterocycles. The Labute approximate surface area is 121 Å². The molecule has 1 fully saturated rings. The van der Waals surface area contributed by atoms with Crippen molar-refractivity contribution >= 4 is 23.2 Å². The smallest absolute Gasteiger partial charge is 0.345 e. The zero-order valence-corrected chi connectivity index (χ0v) is 12.2. The van der Waals surface area contributed by atoms with Crippen LogP contribution in [0.3, 0.4) is 0 Å². The molecule has 0 aliphatic heterocycles. The summed E-state index contributed by atoms with van der Waals surface area (Å²) in [6, 6.07) is 1.61. The molecule has 1 aromatic rings. The van der Waals surface area contributed by atoms with Gasteiger partial charge in [0.25, 0.3) is 0 Å². The summed E-state index contributed by atoms with van der Waals surface area (Å²) in [5, 5.41) is 13.5. The van der Waals surface area contributed by atoms with Gasteiger partial charge in [-0.25, -0.2) is 4.79 Å². The third-order valence-corrected chi connectivity index (χ3v) is 4.68. The van der Waals surface area contributed by atoms with Gasteiger partial charge in [-0.05, 0) is 42.7 Å². The average Bonchev–Trinajstić information content (AvgIpc) is 2.94. The number of carbonyl (C=O) groups excluding carboxylic acids is 1. The summed E-state index contributed by atoms with van der Waals surface area (Å²) in [7, 11) is 1.71. The van der Waals surface area contributed by atoms with Crippen molar-refractivity contribution in [1.82, 2.24) is 5.32 Å². The van der Waals surface area contributed by atoms with Gasteiger partial charge >= 0.3 is 5.97 Å². The molecule has 0 unspecified atom stereocenters. The third-order valence-electron chi connectivity index (χ3n) is 3.71. The molecule has 110 valence electrons. The van der Waals surface area contributed by atoms with E-state index in [1.165, 1.54) is 11.3 Å². The molecule has 1 amide bonds. The molecular weight excluding hydrogens is 278 g/mol. The van der Waals surface area contributed by atoms with Crippen LogP contribution in [0.5, 0.6) is 0 Å². The molecule has 2 rings (SSSR count). The zero-order chi connectivity index (χ0) is 14.5. The summed E-state index contributed by atoms with van der Waals surface area (Å²) < 4.78 is 5.29. The van der Waals surface area contributed by atoms with Gasteiger partial charge in [-0.2, -0.15) is 0 Å². The first-order valence-electron chi connectivity index (χ1n) is 6.71. The van der Waals surface area contributed by atoms with Gasteiger partial charge < -0.3 is 15.2 Å². The highest BCUT2D eigenvalue weighted by Crippen LogP contribution is 2.26. The highest BCUT2D eigenvalue weighted by molar-refractivity contribution is 7.12. The van der Waals surface area contributed by atoms with Gasteiger partial charge in [-0.3, -0.25) is 4.79 Å². The van der Waals surface area contributed by atoms with Crippen LogP contribution in [0.1, 0.15) is 40.9 Å². The second-order valence-corrected chi connectivity index (χ2v) is 5.96. The van der Waals surface area contributed by atoms with Crippen LogP contribution in [-0.4, -0.2) is 30.2 Å². The Hall–Kier alpha value is -1.40. The zero-order valence-electron chi connectivity index (χ0n) is 11.4. The van der Waals surface area contributed by atoms with Gasteiger partial charge in [-0.1, -0.05) is 0 Å². The van der Waals surface area contributed by atoms with Crippen LogP contribution >= 0.6 is 11.3 Å². The van der Waals surface area contributed by atoms with Crippen LogP contribution in [0.2, 0.25) is 0 Å². The van der Waals surface area contributed by atoms with Crippen molar-refractivity contribution < 1.29 is 19.4 Å². The predicted molar refractivity (Wildman–Crippen MR) is 75.9 cm³/mol. The lowest BCUT2D eigenvalue weighted by molar-refractivity contribution is -0.126. The van der Waals surface area contributed by atoms with Crippen LogP contribution in [0.15, 0.2) is 11.4 Å². The van der Waals surface area contributed by atoms with Crippen molar-refractivity contribution in [2.75, 3.05) is 7.11 Å². The molecular formula is C14H19NO4S. The van der Waals surface area contributed by atoms with E-state index in [2.05, 4.69) is 5.32 Å². The maximum Gasteiger partial charge on any atom is 0.345 e. The number of hydrogen-bond acceptors (Lipinski definition) is 4. The molecule has 1 saturated carbocycles. The van der Waals surface area contributed by atoms with Crippen molar-refractivity contribution in [2.24, 2.45) is 5.92 Å². The topological polar surface area (TPSA) is 75.6 Å². The summed E-state index contributed by atoms with van der Waals surface area (Å²) in [6.45, 7) is 0.396. The number of amides is 1. The lowest BCUT2D eigenvalue weighted by Gasteiger charge is -2.26. The molecule has 5 nitrogen and oxygen atoms in total. The Kier molecular flexibility index (Phi) is 5.14. The molecule has 0 spiro atoms. The third kappa shape index (κ3) is 3.80. The van der Waals surface area contributed by atoms with E-state index in [4.69, 9.17) is 9.84 Å². The Morgan fingerprint density at radius 1 is 1.40 bits per heavy atom. The van der Waals surface area contributed by atoms with E-state index < -0.39 is 5.97 Å². The monoisotopic (exact) mass is 297 g/mol. The fraction of sp³-hybridized carbons (Fsp3) is 0.571. The molecule has 1 aliphatic rings. The van der Waals surface area contributed by atoms with Crippen molar-refractivity contribution in [3.8, 4) is 0 Å². The fourth-order valence-electron chi connectivity index (χ4n) is 2.47. The first-order chi connectivity index (χ1) is 9.60. The minimum Gasteiger partial charge on any atom is -0.477 e. The normalized spacial score (nSPS) is 22.4. The first-order valence-corrected chi connectivity index (χ1v) is 7.59. The second kappa shape index (κ2) is 6.85. The minimum absolute atomic E-state index is 0.0546. The molecule has 20 heavy (non-hydrogen) atoms. The Balaban J connectivity index is 1.78. The summed E-state index contributed by atoms with van der Waals surface area (Å²) in [6.07, 6.45) is 3.85. The van der Waals surface area contributed by atoms with Crippen LogP contribution in [-0.2, 0) is 16.1 Å². The maximum atomic E-state index is 12.0. The number of aromatic carboxylic acids is 1. The van der Waals surface area contributed by atoms with Crippen LogP contribution < -0.4 is 5.32 Å². The quantitative estimate of drug-likeness (QED) is 0.874. The van der Waals surface area contributed by atoms with Gasteiger partial charge in [0.1, 0.15) is 4.88 Å². The number of carboxylic acids is 1. The number of carboxylic acid groups (broad SMARTS) is 1. The number of hydrogen-bond donors (Lipinski definition) is 2. The van der Waals surface area contributed by atoms with Crippen LogP contribution in [0, 0.1) is 5.92 Å². The largest absolute Gasteiger partial charge is 0.477 e. The number of thiophene rings is 1. The van der Waals surface area contributed by atoms with Crippen molar-refractivity contribution in [1.29, 1.82) is 0 Å². The van der Waals surface area contributed by atoms with E-state index >= 15 is 0 Å². The minimum atomic E-state index is -0.925. The highest BCUT2D eigenvalue weighted by atomic mass is 32.1. The van der Waals surface area contributed by atoms with E-state index in [0.717, 1.165) is 31.2 Å². The average molecular weight is 297 g/mol. The lowest BCUT2D eigenvalue weighted by Crippen LogP contribution is -2.34. The standard InChI is InChI=1S/C14H19NO4S/c1-19-11-4-2-10(3-5-11)13(16)15-7-9-6-12(14(17)18)20-8-9/h6,8,10-11H,2-5,7H2,1H3,(H,15,16)(H,17,18). The first kappa shape index (κ1) is 15.0. The molecule has 0 bridgehead atoms. The Morgan fingerprint density at radius 2 is 2.10 bits per heavy atom. The summed E-state index contributed by atoms with van der Waals surface area (Å²) in [5.74, 6) is -0.813. The van der Waals surface area contributed by atoms with Crippen LogP contribution in [0.25, 0.3) is 0 Å². The van der Waals surface area contributed by atoms with Crippen LogP contribution in [0.4, 0.5) is 0 Å². The van der Waals surface area contributed by atoms with Gasteiger partial charge in [0, 0.05) is 19.6 Å². The summed E-state index contributed by atoms with van der Waals surface area (Å²) in [4.78, 5) is 23.1. The van der Waals surface area contributed by atoms with Gasteiger partial charge in [0.15, 0.2) is 0 Å². The molecule has 1 heterocycles. The van der Waals surface area contributed by atoms with Gasteiger partial charge in [0.2, 0.25) is 5.91 Å². The van der Waals surface area contributed by atoms with Crippen molar-refractivity contribution in [3.05, 3.63) is 21.9 Å². The lowest BCUT2D eigenvalue weighted by atomic mass is 9.87. The van der Waals surface area contributed by atoms with Gasteiger partial charge in [0.05, 0.1) is 6.10 Å². The molecule has 6 heteroatoms. The van der Waals surface area contributed by atoms with E-state index in [9.17, 15) is 9.59 Å². The van der Waals surface area contributed by atoms with Gasteiger partial charge in [-0.15, -0.1) is 11.3 Å². The second-order valence-electron chi connectivity index (χ2n) is 5.05. The molecule has 0 atom stereocenters. The molecule has 0 aromatic carbocycles. The number of rotatable bonds is 5. The van der Waals surface area contributed by atoms with Crippen molar-refractivity contribution in [2.45, 2.75) is 38.3 Å². The highest BCUT2D eigenvalue weighted by Gasteiger charge is 2.25. The maximum absolute atomic E-state index is 12.0. The number of carbonyl (C=O) groups is 2. The molecule has 1 aliphatic carbocycles. The van der Waals surface area contributed by atoms with Crippen molar-refractivity contribution in [3.63, 3.8) is 0 Å². The SMILES string of the molecule is COC1CCC(C(=O)NCc2csc(C(=O)O)c2)CC1. The summed E-state index contributed by atoms with van der Waals surface area (Å²) in [5.41, 5.74) is 0.839. The molecule has 0 radical (unpaired) electrons. The predicted octanol–water partition coefficient (Wildman–Crippen LogP) is 2.27. The summed E-state index contributed by atoms with van der Waals surface area (Å²) >= 11 is 1.18.